The third-order valence-electron chi connectivity index (χ3n) is 3.22. The minimum Gasteiger partial charge on any atom is -0.491 e. The van der Waals surface area contributed by atoms with Gasteiger partial charge in [0.05, 0.1) is 6.61 Å². The highest BCUT2D eigenvalue weighted by molar-refractivity contribution is 5.43. The molecule has 0 atom stereocenters. The molecular formula is C18H31NO2. The summed E-state index contributed by atoms with van der Waals surface area (Å²) in [5.74, 6) is 1.68. The highest BCUT2D eigenvalue weighted by atomic mass is 16.5. The maximum Gasteiger partial charge on any atom is 0.125 e. The van der Waals surface area contributed by atoms with E-state index in [9.17, 15) is 0 Å². The Morgan fingerprint density at radius 2 is 1.71 bits per heavy atom. The van der Waals surface area contributed by atoms with Crippen molar-refractivity contribution in [2.45, 2.75) is 47.6 Å². The first-order valence-electron chi connectivity index (χ1n) is 8.06. The summed E-state index contributed by atoms with van der Waals surface area (Å²) in [5, 5.41) is 3.48. The number of nitrogens with one attached hydrogen (secondary N) is 1. The van der Waals surface area contributed by atoms with Crippen molar-refractivity contribution in [2.75, 3.05) is 26.4 Å². The molecule has 0 radical (unpaired) electrons. The molecule has 0 aliphatic heterocycles. The Balaban J connectivity index is 2.50. The lowest BCUT2D eigenvalue weighted by Gasteiger charge is -2.15. The van der Waals surface area contributed by atoms with E-state index in [4.69, 9.17) is 9.47 Å². The standard InChI is InChI=1S/C18H31NO2/c1-6-7-20-8-9-21-18-15(4)10-17(11-16(18)5)13-19-12-14(2)3/h10-11,14,19H,6-9,12-13H2,1-5H3. The van der Waals surface area contributed by atoms with Gasteiger partial charge in [-0.25, -0.2) is 0 Å². The molecule has 3 nitrogen and oxygen atoms in total. The van der Waals surface area contributed by atoms with Gasteiger partial charge in [-0.3, -0.25) is 0 Å². The molecule has 0 aromatic heterocycles. The summed E-state index contributed by atoms with van der Waals surface area (Å²) < 4.78 is 11.3. The lowest BCUT2D eigenvalue weighted by atomic mass is 10.1. The summed E-state index contributed by atoms with van der Waals surface area (Å²) in [4.78, 5) is 0. The summed E-state index contributed by atoms with van der Waals surface area (Å²) in [5.41, 5.74) is 3.72. The van der Waals surface area contributed by atoms with Crippen LogP contribution >= 0.6 is 0 Å². The van der Waals surface area contributed by atoms with Gasteiger partial charge in [-0.2, -0.15) is 0 Å². The van der Waals surface area contributed by atoms with Gasteiger partial charge >= 0.3 is 0 Å². The average molecular weight is 293 g/mol. The molecule has 120 valence electrons. The number of ether oxygens (including phenoxy) is 2. The molecule has 0 aliphatic rings. The van der Waals surface area contributed by atoms with Gasteiger partial charge in [-0.1, -0.05) is 32.9 Å². The molecule has 0 amide bonds. The summed E-state index contributed by atoms with van der Waals surface area (Å²) >= 11 is 0. The second kappa shape index (κ2) is 9.80. The van der Waals surface area contributed by atoms with Crippen LogP contribution in [-0.2, 0) is 11.3 Å². The molecule has 0 spiro atoms. The molecule has 0 saturated heterocycles. The maximum absolute atomic E-state index is 5.87. The van der Waals surface area contributed by atoms with Crippen LogP contribution in [0.4, 0.5) is 0 Å². The van der Waals surface area contributed by atoms with Crippen molar-refractivity contribution in [3.8, 4) is 5.75 Å². The second-order valence-corrected chi connectivity index (χ2v) is 6.04. The fourth-order valence-corrected chi connectivity index (χ4v) is 2.32. The van der Waals surface area contributed by atoms with Crippen molar-refractivity contribution in [3.05, 3.63) is 28.8 Å². The van der Waals surface area contributed by atoms with Crippen molar-refractivity contribution < 1.29 is 9.47 Å². The SMILES string of the molecule is CCCOCCOc1c(C)cc(CNCC(C)C)cc1C. The van der Waals surface area contributed by atoms with Crippen molar-refractivity contribution >= 4 is 0 Å². The maximum atomic E-state index is 5.87. The molecule has 0 unspecified atom stereocenters. The Labute approximate surface area is 130 Å². The van der Waals surface area contributed by atoms with Crippen LogP contribution in [0.3, 0.4) is 0 Å². The Bertz CT molecular complexity index is 393. The summed E-state index contributed by atoms with van der Waals surface area (Å²) in [6, 6.07) is 4.42. The molecule has 0 saturated carbocycles. The first kappa shape index (κ1) is 18.0. The third kappa shape index (κ3) is 6.96. The topological polar surface area (TPSA) is 30.5 Å². The van der Waals surface area contributed by atoms with Crippen LogP contribution in [0.5, 0.6) is 5.75 Å². The Morgan fingerprint density at radius 1 is 1.05 bits per heavy atom. The van der Waals surface area contributed by atoms with E-state index in [1.54, 1.807) is 0 Å². The smallest absolute Gasteiger partial charge is 0.125 e. The first-order valence-corrected chi connectivity index (χ1v) is 8.06. The molecule has 1 aromatic carbocycles. The molecule has 1 N–H and O–H groups in total. The minimum absolute atomic E-state index is 0.618. The molecule has 0 bridgehead atoms. The van der Waals surface area contributed by atoms with E-state index in [0.717, 1.165) is 31.9 Å². The van der Waals surface area contributed by atoms with Crippen LogP contribution in [-0.4, -0.2) is 26.4 Å². The van der Waals surface area contributed by atoms with Gasteiger partial charge in [-0.15, -0.1) is 0 Å². The van der Waals surface area contributed by atoms with E-state index >= 15 is 0 Å². The van der Waals surface area contributed by atoms with E-state index in [-0.39, 0.29) is 0 Å². The molecule has 3 heteroatoms. The molecular weight excluding hydrogens is 262 g/mol. The van der Waals surface area contributed by atoms with Gasteiger partial charge in [0.25, 0.3) is 0 Å². The highest BCUT2D eigenvalue weighted by Crippen LogP contribution is 2.24. The fourth-order valence-electron chi connectivity index (χ4n) is 2.32. The molecule has 0 heterocycles. The number of benzene rings is 1. The molecule has 21 heavy (non-hydrogen) atoms. The molecule has 0 aliphatic carbocycles. The zero-order chi connectivity index (χ0) is 15.7. The van der Waals surface area contributed by atoms with Crippen LogP contribution in [0.15, 0.2) is 12.1 Å². The van der Waals surface area contributed by atoms with E-state index in [1.165, 1.54) is 16.7 Å². The predicted octanol–water partition coefficient (Wildman–Crippen LogP) is 3.85. The van der Waals surface area contributed by atoms with Gasteiger partial charge in [-0.05, 0) is 49.4 Å². The zero-order valence-electron chi connectivity index (χ0n) is 14.3. The summed E-state index contributed by atoms with van der Waals surface area (Å²) in [7, 11) is 0. The van der Waals surface area contributed by atoms with Gasteiger partial charge < -0.3 is 14.8 Å². The first-order chi connectivity index (χ1) is 10.0. The minimum atomic E-state index is 0.618. The van der Waals surface area contributed by atoms with Crippen molar-refractivity contribution in [3.63, 3.8) is 0 Å². The van der Waals surface area contributed by atoms with Crippen LogP contribution in [0.2, 0.25) is 0 Å². The quantitative estimate of drug-likeness (QED) is 0.665. The number of aryl methyl sites for hydroxylation is 2. The molecule has 1 rings (SSSR count). The number of hydrogen-bond acceptors (Lipinski definition) is 3. The lowest BCUT2D eigenvalue weighted by molar-refractivity contribution is 0.100. The highest BCUT2D eigenvalue weighted by Gasteiger charge is 2.07. The van der Waals surface area contributed by atoms with Gasteiger partial charge in [0.2, 0.25) is 0 Å². The van der Waals surface area contributed by atoms with Crippen molar-refractivity contribution in [2.24, 2.45) is 5.92 Å². The normalized spacial score (nSPS) is 11.1. The van der Waals surface area contributed by atoms with Gasteiger partial charge in [0.15, 0.2) is 0 Å². The lowest BCUT2D eigenvalue weighted by Crippen LogP contribution is -2.19. The second-order valence-electron chi connectivity index (χ2n) is 6.04. The van der Waals surface area contributed by atoms with E-state index < -0.39 is 0 Å². The summed E-state index contributed by atoms with van der Waals surface area (Å²) in [6.07, 6.45) is 1.05. The Morgan fingerprint density at radius 3 is 2.29 bits per heavy atom. The van der Waals surface area contributed by atoms with Gasteiger partial charge in [0.1, 0.15) is 12.4 Å². The van der Waals surface area contributed by atoms with Crippen LogP contribution in [0, 0.1) is 19.8 Å². The van der Waals surface area contributed by atoms with Crippen molar-refractivity contribution in [1.82, 2.24) is 5.32 Å². The molecule has 1 aromatic rings. The average Bonchev–Trinajstić information content (AvgIpc) is 2.40. The van der Waals surface area contributed by atoms with Crippen LogP contribution < -0.4 is 10.1 Å². The Kier molecular flexibility index (Phi) is 8.40. The predicted molar refractivity (Wildman–Crippen MR) is 89.1 cm³/mol. The third-order valence-corrected chi connectivity index (χ3v) is 3.22. The largest absolute Gasteiger partial charge is 0.491 e. The molecule has 0 fully saturated rings. The van der Waals surface area contributed by atoms with Gasteiger partial charge in [0, 0.05) is 13.2 Å². The Hall–Kier alpha value is -1.06. The van der Waals surface area contributed by atoms with E-state index in [1.807, 2.05) is 0 Å². The number of hydrogen-bond donors (Lipinski definition) is 1. The monoisotopic (exact) mass is 293 g/mol. The van der Waals surface area contributed by atoms with Crippen LogP contribution in [0.1, 0.15) is 43.9 Å². The fraction of sp³-hybridized carbons (Fsp3) is 0.667. The van der Waals surface area contributed by atoms with E-state index in [0.29, 0.717) is 19.1 Å². The zero-order valence-corrected chi connectivity index (χ0v) is 14.3. The van der Waals surface area contributed by atoms with Crippen LogP contribution in [0.25, 0.3) is 0 Å². The number of rotatable bonds is 10. The van der Waals surface area contributed by atoms with Crippen molar-refractivity contribution in [1.29, 1.82) is 0 Å². The van der Waals surface area contributed by atoms with E-state index in [2.05, 4.69) is 52.1 Å². The summed E-state index contributed by atoms with van der Waals surface area (Å²) in [6.45, 7) is 14.8.